The van der Waals surface area contributed by atoms with E-state index in [0.717, 1.165) is 0 Å². The van der Waals surface area contributed by atoms with E-state index in [9.17, 15) is 9.18 Å². The Kier molecular flexibility index (Phi) is 3.06. The molecule has 0 fully saturated rings. The second kappa shape index (κ2) is 4.50. The number of hydrogen-bond donors (Lipinski definition) is 3. The zero-order valence-electron chi connectivity index (χ0n) is 9.00. The van der Waals surface area contributed by atoms with Crippen molar-refractivity contribution in [1.82, 2.24) is 9.97 Å². The van der Waals surface area contributed by atoms with Crippen LogP contribution in [0.4, 0.5) is 10.1 Å². The van der Waals surface area contributed by atoms with Gasteiger partial charge >= 0.3 is 5.69 Å². The van der Waals surface area contributed by atoms with Gasteiger partial charge < -0.3 is 15.3 Å². The molecule has 6 heteroatoms. The van der Waals surface area contributed by atoms with E-state index in [4.69, 9.17) is 12.2 Å². The van der Waals surface area contributed by atoms with Gasteiger partial charge in [0.25, 0.3) is 0 Å². The maximum Gasteiger partial charge on any atom is 0.323 e. The molecule has 1 aromatic carbocycles. The molecule has 0 unspecified atom stereocenters. The number of H-pyrrole nitrogens is 2. The van der Waals surface area contributed by atoms with Crippen molar-refractivity contribution in [2.45, 2.75) is 6.92 Å². The van der Waals surface area contributed by atoms with Crippen molar-refractivity contribution < 1.29 is 4.39 Å². The molecule has 0 saturated carbocycles. The van der Waals surface area contributed by atoms with E-state index in [1.807, 2.05) is 0 Å². The Morgan fingerprint density at radius 1 is 1.29 bits per heavy atom. The van der Waals surface area contributed by atoms with Crippen LogP contribution in [0.3, 0.4) is 0 Å². The Labute approximate surface area is 102 Å². The lowest BCUT2D eigenvalue weighted by Crippen LogP contribution is -2.13. The van der Waals surface area contributed by atoms with Gasteiger partial charge in [0, 0.05) is 11.4 Å². The number of thiocarbonyl (C=S) groups is 1. The first-order chi connectivity index (χ1) is 8.06. The first-order valence-corrected chi connectivity index (χ1v) is 5.33. The first-order valence-electron chi connectivity index (χ1n) is 4.92. The van der Waals surface area contributed by atoms with Gasteiger partial charge in [0.1, 0.15) is 10.8 Å². The molecule has 0 aliphatic rings. The summed E-state index contributed by atoms with van der Waals surface area (Å²) in [5, 5.41) is 2.91. The Hall–Kier alpha value is -1.95. The normalized spacial score (nSPS) is 10.2. The van der Waals surface area contributed by atoms with Gasteiger partial charge in [-0.2, -0.15) is 0 Å². The van der Waals surface area contributed by atoms with E-state index >= 15 is 0 Å². The number of anilines is 1. The van der Waals surface area contributed by atoms with Crippen LogP contribution in [0.15, 0.2) is 29.1 Å². The number of benzene rings is 1. The Morgan fingerprint density at radius 3 is 2.47 bits per heavy atom. The molecule has 0 atom stereocenters. The monoisotopic (exact) mass is 251 g/mol. The van der Waals surface area contributed by atoms with Crippen LogP contribution in [0.2, 0.25) is 0 Å². The minimum Gasteiger partial charge on any atom is -0.345 e. The molecule has 0 radical (unpaired) electrons. The topological polar surface area (TPSA) is 60.7 Å². The summed E-state index contributed by atoms with van der Waals surface area (Å²) in [7, 11) is 0. The highest BCUT2D eigenvalue weighted by molar-refractivity contribution is 7.81. The number of nitrogens with one attached hydrogen (secondary N) is 3. The van der Waals surface area contributed by atoms with E-state index in [2.05, 4.69) is 15.3 Å². The minimum atomic E-state index is -0.312. The van der Waals surface area contributed by atoms with E-state index in [-0.39, 0.29) is 11.5 Å². The lowest BCUT2D eigenvalue weighted by atomic mass is 10.3. The van der Waals surface area contributed by atoms with Crippen LogP contribution < -0.4 is 11.0 Å². The van der Waals surface area contributed by atoms with Crippen molar-refractivity contribution in [2.24, 2.45) is 0 Å². The fourth-order valence-corrected chi connectivity index (χ4v) is 1.75. The minimum absolute atomic E-state index is 0.305. The quantitative estimate of drug-likeness (QED) is 0.715. The van der Waals surface area contributed by atoms with Crippen LogP contribution >= 0.6 is 12.2 Å². The third-order valence-corrected chi connectivity index (χ3v) is 2.55. The second-order valence-corrected chi connectivity index (χ2v) is 3.95. The standard InChI is InChI=1S/C11H10FN3OS/c1-6-9(15-11(16)13-6)10(17)14-8-4-2-7(12)3-5-8/h2-5H,1H3,(H,14,17)(H2,13,15,16). The summed E-state index contributed by atoms with van der Waals surface area (Å²) in [6.45, 7) is 1.74. The van der Waals surface area contributed by atoms with Crippen molar-refractivity contribution >= 4 is 22.9 Å². The predicted molar refractivity (Wildman–Crippen MR) is 67.9 cm³/mol. The Morgan fingerprint density at radius 2 is 1.94 bits per heavy atom. The largest absolute Gasteiger partial charge is 0.345 e. The Balaban J connectivity index is 2.20. The molecule has 0 spiro atoms. The summed E-state index contributed by atoms with van der Waals surface area (Å²) >= 11 is 5.14. The summed E-state index contributed by atoms with van der Waals surface area (Å²) in [6.07, 6.45) is 0. The third kappa shape index (κ3) is 2.59. The first kappa shape index (κ1) is 11.5. The smallest absolute Gasteiger partial charge is 0.323 e. The third-order valence-electron chi connectivity index (χ3n) is 2.24. The highest BCUT2D eigenvalue weighted by Gasteiger charge is 2.08. The van der Waals surface area contributed by atoms with Gasteiger partial charge in [-0.05, 0) is 31.2 Å². The fraction of sp³-hybridized carbons (Fsp3) is 0.0909. The molecule has 4 nitrogen and oxygen atoms in total. The Bertz CT molecular complexity index is 600. The van der Waals surface area contributed by atoms with Crippen LogP contribution in [0, 0.1) is 12.7 Å². The fourth-order valence-electron chi connectivity index (χ4n) is 1.43. The van der Waals surface area contributed by atoms with Crippen molar-refractivity contribution in [3.63, 3.8) is 0 Å². The van der Waals surface area contributed by atoms with Gasteiger partial charge in [0.15, 0.2) is 0 Å². The molecule has 0 saturated heterocycles. The zero-order valence-corrected chi connectivity index (χ0v) is 9.82. The molecule has 0 bridgehead atoms. The van der Waals surface area contributed by atoms with Gasteiger partial charge in [-0.3, -0.25) is 0 Å². The number of aromatic nitrogens is 2. The molecule has 3 N–H and O–H groups in total. The zero-order chi connectivity index (χ0) is 12.4. The molecular formula is C11H10FN3OS. The summed E-state index contributed by atoms with van der Waals surface area (Å²) in [5.74, 6) is -0.312. The highest BCUT2D eigenvalue weighted by Crippen LogP contribution is 2.10. The van der Waals surface area contributed by atoms with E-state index in [1.165, 1.54) is 12.1 Å². The van der Waals surface area contributed by atoms with E-state index in [0.29, 0.717) is 22.1 Å². The summed E-state index contributed by atoms with van der Waals surface area (Å²) < 4.78 is 12.7. The molecule has 2 rings (SSSR count). The van der Waals surface area contributed by atoms with Gasteiger partial charge in [-0.25, -0.2) is 9.18 Å². The van der Waals surface area contributed by atoms with E-state index in [1.54, 1.807) is 19.1 Å². The summed E-state index contributed by atoms with van der Waals surface area (Å²) in [6, 6.07) is 5.80. The highest BCUT2D eigenvalue weighted by atomic mass is 32.1. The van der Waals surface area contributed by atoms with Gasteiger partial charge in [0.05, 0.1) is 5.69 Å². The SMILES string of the molecule is Cc1[nH]c(=O)[nH]c1C(=S)Nc1ccc(F)cc1. The molecular weight excluding hydrogens is 241 g/mol. The number of imidazole rings is 1. The molecule has 0 aliphatic heterocycles. The van der Waals surface area contributed by atoms with Crippen LogP contribution in [0.1, 0.15) is 11.4 Å². The molecule has 0 aliphatic carbocycles. The average molecular weight is 251 g/mol. The second-order valence-electron chi connectivity index (χ2n) is 3.54. The van der Waals surface area contributed by atoms with Crippen LogP contribution in [0.25, 0.3) is 0 Å². The molecule has 1 aromatic heterocycles. The number of halogens is 1. The van der Waals surface area contributed by atoms with Crippen molar-refractivity contribution in [3.8, 4) is 0 Å². The summed E-state index contributed by atoms with van der Waals surface area (Å²) in [4.78, 5) is 16.6. The van der Waals surface area contributed by atoms with Crippen LogP contribution in [0.5, 0.6) is 0 Å². The number of aromatic amines is 2. The maximum absolute atomic E-state index is 12.7. The lowest BCUT2D eigenvalue weighted by Gasteiger charge is -2.06. The molecule has 1 heterocycles. The molecule has 17 heavy (non-hydrogen) atoms. The summed E-state index contributed by atoms with van der Waals surface area (Å²) in [5.41, 5.74) is 1.56. The average Bonchev–Trinajstić information content (AvgIpc) is 2.61. The number of rotatable bonds is 2. The predicted octanol–water partition coefficient (Wildman–Crippen LogP) is 1.94. The van der Waals surface area contributed by atoms with Crippen molar-refractivity contribution in [2.75, 3.05) is 5.32 Å². The number of hydrogen-bond acceptors (Lipinski definition) is 2. The molecule has 0 amide bonds. The van der Waals surface area contributed by atoms with Gasteiger partial charge in [-0.1, -0.05) is 12.2 Å². The number of aryl methyl sites for hydroxylation is 1. The maximum atomic E-state index is 12.7. The lowest BCUT2D eigenvalue weighted by molar-refractivity contribution is 0.628. The van der Waals surface area contributed by atoms with Crippen LogP contribution in [-0.4, -0.2) is 15.0 Å². The van der Waals surface area contributed by atoms with Gasteiger partial charge in [-0.15, -0.1) is 0 Å². The van der Waals surface area contributed by atoms with Crippen molar-refractivity contribution in [1.29, 1.82) is 0 Å². The van der Waals surface area contributed by atoms with Crippen LogP contribution in [-0.2, 0) is 0 Å². The van der Waals surface area contributed by atoms with Crippen molar-refractivity contribution in [3.05, 3.63) is 52.0 Å². The van der Waals surface area contributed by atoms with E-state index < -0.39 is 0 Å². The molecule has 2 aromatic rings. The molecule has 88 valence electrons. The van der Waals surface area contributed by atoms with Gasteiger partial charge in [0.2, 0.25) is 0 Å².